The van der Waals surface area contributed by atoms with Crippen LogP contribution in [0.4, 0.5) is 0 Å². The molecule has 1 aromatic carbocycles. The van der Waals surface area contributed by atoms with Gasteiger partial charge in [0.1, 0.15) is 10.7 Å². The summed E-state index contributed by atoms with van der Waals surface area (Å²) in [5.74, 6) is -0.0302. The topological polar surface area (TPSA) is 33.2 Å². The summed E-state index contributed by atoms with van der Waals surface area (Å²) in [5.41, 5.74) is 1.47. The van der Waals surface area contributed by atoms with Crippen molar-refractivity contribution in [1.82, 2.24) is 9.88 Å². The molecule has 2 aromatic heterocycles. The highest BCUT2D eigenvalue weighted by atomic mass is 35.5. The first-order valence-corrected chi connectivity index (χ1v) is 9.34. The highest BCUT2D eigenvalue weighted by molar-refractivity contribution is 7.13. The molecule has 0 aliphatic carbocycles. The second-order valence-electron chi connectivity index (χ2n) is 4.94. The summed E-state index contributed by atoms with van der Waals surface area (Å²) in [6, 6.07) is 11.5. The number of thiazole rings is 1. The highest BCUT2D eigenvalue weighted by Crippen LogP contribution is 2.26. The zero-order valence-electron chi connectivity index (χ0n) is 12.5. The minimum Gasteiger partial charge on any atom is -0.332 e. The van der Waals surface area contributed by atoms with Crippen LogP contribution >= 0.6 is 34.3 Å². The van der Waals surface area contributed by atoms with Crippen LogP contribution in [0.25, 0.3) is 10.6 Å². The molecule has 23 heavy (non-hydrogen) atoms. The van der Waals surface area contributed by atoms with E-state index in [0.29, 0.717) is 23.8 Å². The normalized spacial score (nSPS) is 10.7. The molecule has 0 aliphatic rings. The quantitative estimate of drug-likeness (QED) is 0.626. The van der Waals surface area contributed by atoms with Crippen molar-refractivity contribution in [3.63, 3.8) is 0 Å². The molecule has 0 atom stereocenters. The lowest BCUT2D eigenvalue weighted by Gasteiger charge is -2.18. The van der Waals surface area contributed by atoms with Gasteiger partial charge in [-0.05, 0) is 30.5 Å². The first-order valence-electron chi connectivity index (χ1n) is 7.20. The number of carbonyl (C=O) groups is 1. The molecule has 0 radical (unpaired) electrons. The second kappa shape index (κ2) is 7.25. The summed E-state index contributed by atoms with van der Waals surface area (Å²) in [6.07, 6.45) is 0. The fraction of sp³-hybridized carbons (Fsp3) is 0.176. The molecular formula is C17H15ClN2OS2. The number of hydrogen-bond donors (Lipinski definition) is 0. The van der Waals surface area contributed by atoms with Crippen LogP contribution in [0.3, 0.4) is 0 Å². The molecule has 3 rings (SSSR count). The number of aromatic nitrogens is 1. The Morgan fingerprint density at radius 2 is 2.00 bits per heavy atom. The number of benzene rings is 1. The molecule has 3 nitrogen and oxygen atoms in total. The van der Waals surface area contributed by atoms with Crippen molar-refractivity contribution in [2.24, 2.45) is 0 Å². The fourth-order valence-electron chi connectivity index (χ4n) is 2.18. The third-order valence-corrected chi connectivity index (χ3v) is 5.41. The maximum absolute atomic E-state index is 12.7. The third kappa shape index (κ3) is 3.80. The number of hydrogen-bond acceptors (Lipinski definition) is 4. The van der Waals surface area contributed by atoms with Gasteiger partial charge in [-0.15, -0.1) is 22.7 Å². The lowest BCUT2D eigenvalue weighted by Crippen LogP contribution is -2.30. The van der Waals surface area contributed by atoms with Gasteiger partial charge in [0.25, 0.3) is 5.91 Å². The maximum atomic E-state index is 12.7. The van der Waals surface area contributed by atoms with E-state index in [2.05, 4.69) is 4.98 Å². The molecule has 0 N–H and O–H groups in total. The van der Waals surface area contributed by atoms with Crippen molar-refractivity contribution in [2.45, 2.75) is 13.5 Å². The monoisotopic (exact) mass is 362 g/mol. The van der Waals surface area contributed by atoms with E-state index in [-0.39, 0.29) is 5.91 Å². The Hall–Kier alpha value is -1.69. The third-order valence-electron chi connectivity index (χ3n) is 3.41. The Balaban J connectivity index is 1.78. The average molecular weight is 363 g/mol. The summed E-state index contributed by atoms with van der Waals surface area (Å²) in [6.45, 7) is 3.27. The highest BCUT2D eigenvalue weighted by Gasteiger charge is 2.18. The Morgan fingerprint density at radius 1 is 1.22 bits per heavy atom. The van der Waals surface area contributed by atoms with Crippen LogP contribution < -0.4 is 0 Å². The van der Waals surface area contributed by atoms with E-state index in [1.54, 1.807) is 11.3 Å². The summed E-state index contributed by atoms with van der Waals surface area (Å²) < 4.78 is 0. The minimum absolute atomic E-state index is 0.0302. The smallest absolute Gasteiger partial charge is 0.273 e. The molecule has 0 fully saturated rings. The van der Waals surface area contributed by atoms with Gasteiger partial charge < -0.3 is 4.90 Å². The second-order valence-corrected chi connectivity index (χ2v) is 7.27. The average Bonchev–Trinajstić information content (AvgIpc) is 3.24. The fourth-order valence-corrected chi connectivity index (χ4v) is 3.82. The molecule has 0 unspecified atom stereocenters. The van der Waals surface area contributed by atoms with Gasteiger partial charge in [0.05, 0.1) is 6.54 Å². The Kier molecular flexibility index (Phi) is 5.10. The van der Waals surface area contributed by atoms with E-state index in [1.165, 1.54) is 16.2 Å². The standard InChI is InChI=1S/C17H15ClN2OS2/c1-2-20(10-14-4-3-9-22-14)17(21)15-11-23-16(19-15)12-5-7-13(18)8-6-12/h3-9,11H,2,10H2,1H3. The number of nitrogens with zero attached hydrogens (tertiary/aromatic N) is 2. The van der Waals surface area contributed by atoms with Crippen LogP contribution in [0, 0.1) is 0 Å². The Morgan fingerprint density at radius 3 is 2.65 bits per heavy atom. The van der Waals surface area contributed by atoms with Gasteiger partial charge in [-0.3, -0.25) is 4.79 Å². The largest absolute Gasteiger partial charge is 0.332 e. The van der Waals surface area contributed by atoms with Crippen molar-refractivity contribution in [1.29, 1.82) is 0 Å². The van der Waals surface area contributed by atoms with Crippen molar-refractivity contribution in [3.05, 3.63) is 62.8 Å². The Bertz CT molecular complexity index is 781. The van der Waals surface area contributed by atoms with Gasteiger partial charge in [0.15, 0.2) is 0 Å². The van der Waals surface area contributed by atoms with Crippen LogP contribution in [-0.2, 0) is 6.54 Å². The van der Waals surface area contributed by atoms with Gasteiger partial charge in [0.2, 0.25) is 0 Å². The van der Waals surface area contributed by atoms with E-state index in [1.807, 2.05) is 59.0 Å². The van der Waals surface area contributed by atoms with E-state index >= 15 is 0 Å². The number of halogens is 1. The molecule has 0 bridgehead atoms. The first-order chi connectivity index (χ1) is 11.2. The zero-order valence-corrected chi connectivity index (χ0v) is 14.9. The molecular weight excluding hydrogens is 348 g/mol. The van der Waals surface area contributed by atoms with Gasteiger partial charge in [0, 0.05) is 27.4 Å². The van der Waals surface area contributed by atoms with E-state index in [9.17, 15) is 4.79 Å². The molecule has 0 saturated carbocycles. The van der Waals surface area contributed by atoms with Crippen LogP contribution in [0.15, 0.2) is 47.2 Å². The van der Waals surface area contributed by atoms with Crippen LogP contribution in [0.1, 0.15) is 22.3 Å². The van der Waals surface area contributed by atoms with Gasteiger partial charge >= 0.3 is 0 Å². The summed E-state index contributed by atoms with van der Waals surface area (Å²) in [7, 11) is 0. The molecule has 0 spiro atoms. The number of amides is 1. The van der Waals surface area contributed by atoms with E-state index in [4.69, 9.17) is 11.6 Å². The number of thiophene rings is 1. The molecule has 1 amide bonds. The Labute approximate surface area is 148 Å². The summed E-state index contributed by atoms with van der Waals surface area (Å²) in [5, 5.41) is 5.37. The van der Waals surface area contributed by atoms with E-state index < -0.39 is 0 Å². The maximum Gasteiger partial charge on any atom is 0.273 e. The van der Waals surface area contributed by atoms with Crippen molar-refractivity contribution in [3.8, 4) is 10.6 Å². The molecule has 0 saturated heterocycles. The zero-order chi connectivity index (χ0) is 16.2. The van der Waals surface area contributed by atoms with Crippen LogP contribution in [-0.4, -0.2) is 22.3 Å². The van der Waals surface area contributed by atoms with Crippen LogP contribution in [0.2, 0.25) is 5.02 Å². The van der Waals surface area contributed by atoms with E-state index in [0.717, 1.165) is 10.6 Å². The van der Waals surface area contributed by atoms with Crippen molar-refractivity contribution < 1.29 is 4.79 Å². The lowest BCUT2D eigenvalue weighted by molar-refractivity contribution is 0.0749. The molecule has 2 heterocycles. The minimum atomic E-state index is -0.0302. The summed E-state index contributed by atoms with van der Waals surface area (Å²) in [4.78, 5) is 20.1. The molecule has 3 aromatic rings. The van der Waals surface area contributed by atoms with Gasteiger partial charge in [-0.25, -0.2) is 4.98 Å². The van der Waals surface area contributed by atoms with Crippen molar-refractivity contribution >= 4 is 40.2 Å². The van der Waals surface area contributed by atoms with Gasteiger partial charge in [-0.2, -0.15) is 0 Å². The predicted octanol–water partition coefficient (Wildman–Crippen LogP) is 5.19. The summed E-state index contributed by atoms with van der Waals surface area (Å²) >= 11 is 9.04. The lowest BCUT2D eigenvalue weighted by atomic mass is 10.2. The van der Waals surface area contributed by atoms with Gasteiger partial charge in [-0.1, -0.05) is 29.8 Å². The molecule has 118 valence electrons. The molecule has 0 aliphatic heterocycles. The first kappa shape index (κ1) is 16.2. The SMILES string of the molecule is CCN(Cc1cccs1)C(=O)c1csc(-c2ccc(Cl)cc2)n1. The predicted molar refractivity (Wildman–Crippen MR) is 97.3 cm³/mol. The van der Waals surface area contributed by atoms with Crippen molar-refractivity contribution in [2.75, 3.05) is 6.54 Å². The molecule has 6 heteroatoms. The number of rotatable bonds is 5. The number of carbonyl (C=O) groups excluding carboxylic acids is 1. The van der Waals surface area contributed by atoms with Crippen LogP contribution in [0.5, 0.6) is 0 Å².